The van der Waals surface area contributed by atoms with Crippen LogP contribution in [0.2, 0.25) is 5.02 Å². The minimum atomic E-state index is -0.889. The quantitative estimate of drug-likeness (QED) is 0.633. The van der Waals surface area contributed by atoms with E-state index >= 15 is 0 Å². The fourth-order valence-corrected chi connectivity index (χ4v) is 1.54. The molecule has 0 radical (unpaired) electrons. The van der Waals surface area contributed by atoms with Crippen LogP contribution in [0.4, 0.5) is 5.69 Å². The molecule has 8 heteroatoms. The predicted molar refractivity (Wildman–Crippen MR) is 73.4 cm³/mol. The molecule has 7 nitrogen and oxygen atoms in total. The lowest BCUT2D eigenvalue weighted by Crippen LogP contribution is -2.42. The molecule has 0 saturated heterocycles. The molecule has 0 aliphatic heterocycles. The highest BCUT2D eigenvalue weighted by atomic mass is 35.5. The average Bonchev–Trinajstić information content (AvgIpc) is 2.35. The Morgan fingerprint density at radius 2 is 2.05 bits per heavy atom. The first-order valence-electron chi connectivity index (χ1n) is 5.67. The molecule has 0 unspecified atom stereocenters. The zero-order valence-corrected chi connectivity index (χ0v) is 11.7. The number of carbonyl (C=O) groups is 2. The second-order valence-electron chi connectivity index (χ2n) is 4.85. The van der Waals surface area contributed by atoms with Crippen molar-refractivity contribution in [3.05, 3.63) is 38.9 Å². The fourth-order valence-electron chi connectivity index (χ4n) is 1.29. The monoisotopic (exact) mass is 299 g/mol. The van der Waals surface area contributed by atoms with Crippen LogP contribution in [0.5, 0.6) is 0 Å². The molecule has 0 spiro atoms. The maximum atomic E-state index is 11.9. The smallest absolute Gasteiger partial charge is 0.287 e. The van der Waals surface area contributed by atoms with Crippen LogP contribution in [-0.4, -0.2) is 23.3 Å². The molecule has 0 atom stereocenters. The van der Waals surface area contributed by atoms with Crippen molar-refractivity contribution in [2.24, 2.45) is 11.1 Å². The summed E-state index contributed by atoms with van der Waals surface area (Å²) in [5.74, 6) is -1.03. The highest BCUT2D eigenvalue weighted by molar-refractivity contribution is 6.33. The number of halogens is 1. The van der Waals surface area contributed by atoms with Crippen LogP contribution in [0, 0.1) is 15.5 Å². The van der Waals surface area contributed by atoms with E-state index in [0.29, 0.717) is 0 Å². The number of primary amides is 1. The number of rotatable bonds is 5. The lowest BCUT2D eigenvalue weighted by atomic mass is 9.92. The maximum Gasteiger partial charge on any atom is 0.287 e. The topological polar surface area (TPSA) is 115 Å². The van der Waals surface area contributed by atoms with Gasteiger partial charge in [0.1, 0.15) is 5.02 Å². The van der Waals surface area contributed by atoms with Crippen LogP contribution in [0.3, 0.4) is 0 Å². The average molecular weight is 300 g/mol. The highest BCUT2D eigenvalue weighted by Crippen LogP contribution is 2.25. The lowest BCUT2D eigenvalue weighted by molar-refractivity contribution is -0.384. The Kier molecular flexibility index (Phi) is 4.67. The van der Waals surface area contributed by atoms with Gasteiger partial charge in [0.05, 0.1) is 10.3 Å². The normalized spacial score (nSPS) is 10.9. The summed E-state index contributed by atoms with van der Waals surface area (Å²) in [4.78, 5) is 32.9. The molecule has 0 aliphatic rings. The van der Waals surface area contributed by atoms with Gasteiger partial charge in [-0.15, -0.1) is 0 Å². The summed E-state index contributed by atoms with van der Waals surface area (Å²) < 4.78 is 0. The molecule has 0 aromatic heterocycles. The van der Waals surface area contributed by atoms with E-state index in [1.165, 1.54) is 12.1 Å². The number of benzene rings is 1. The molecule has 108 valence electrons. The molecule has 0 heterocycles. The van der Waals surface area contributed by atoms with Crippen molar-refractivity contribution in [1.82, 2.24) is 5.32 Å². The standard InChI is InChI=1S/C12H14ClN3O4/c1-12(2,11(14)18)6-15-10(17)7-3-4-9(16(19)20)8(13)5-7/h3-5H,6H2,1-2H3,(H2,14,18)(H,15,17). The minimum Gasteiger partial charge on any atom is -0.369 e. The summed E-state index contributed by atoms with van der Waals surface area (Å²) in [5, 5.41) is 13.0. The molecule has 2 amide bonds. The maximum absolute atomic E-state index is 11.9. The van der Waals surface area contributed by atoms with E-state index in [2.05, 4.69) is 5.32 Å². The van der Waals surface area contributed by atoms with E-state index < -0.39 is 22.2 Å². The van der Waals surface area contributed by atoms with Crippen molar-refractivity contribution < 1.29 is 14.5 Å². The minimum absolute atomic E-state index is 0.0514. The van der Waals surface area contributed by atoms with Gasteiger partial charge < -0.3 is 11.1 Å². The van der Waals surface area contributed by atoms with Crippen LogP contribution >= 0.6 is 11.6 Å². The van der Waals surface area contributed by atoms with Gasteiger partial charge in [-0.3, -0.25) is 19.7 Å². The molecule has 0 fully saturated rings. The predicted octanol–water partition coefficient (Wildman–Crippen LogP) is 1.49. The van der Waals surface area contributed by atoms with Gasteiger partial charge in [0, 0.05) is 18.2 Å². The SMILES string of the molecule is CC(C)(CNC(=O)c1ccc([N+](=O)[O-])c(Cl)c1)C(N)=O. The Bertz CT molecular complexity index is 572. The molecule has 20 heavy (non-hydrogen) atoms. The van der Waals surface area contributed by atoms with Gasteiger partial charge in [0.2, 0.25) is 5.91 Å². The molecule has 0 saturated carbocycles. The third-order valence-corrected chi connectivity index (χ3v) is 3.07. The number of carbonyl (C=O) groups excluding carboxylic acids is 2. The van der Waals surface area contributed by atoms with E-state index in [1.54, 1.807) is 13.8 Å². The van der Waals surface area contributed by atoms with Crippen molar-refractivity contribution in [1.29, 1.82) is 0 Å². The Morgan fingerprint density at radius 3 is 2.50 bits per heavy atom. The number of amides is 2. The number of nitro benzene ring substituents is 1. The van der Waals surface area contributed by atoms with Crippen LogP contribution in [0.25, 0.3) is 0 Å². The molecule has 1 aromatic rings. The summed E-state index contributed by atoms with van der Waals surface area (Å²) in [6.45, 7) is 3.24. The summed E-state index contributed by atoms with van der Waals surface area (Å²) >= 11 is 5.71. The fraction of sp³-hybridized carbons (Fsp3) is 0.333. The Morgan fingerprint density at radius 1 is 1.45 bits per heavy atom. The lowest BCUT2D eigenvalue weighted by Gasteiger charge is -2.20. The summed E-state index contributed by atoms with van der Waals surface area (Å²) in [6.07, 6.45) is 0. The first kappa shape index (κ1) is 15.9. The number of nitrogens with two attached hydrogens (primary N) is 1. The van der Waals surface area contributed by atoms with Crippen molar-refractivity contribution >= 4 is 29.1 Å². The zero-order chi connectivity index (χ0) is 15.5. The number of hydrogen-bond acceptors (Lipinski definition) is 4. The van der Waals surface area contributed by atoms with Gasteiger partial charge in [-0.1, -0.05) is 11.6 Å². The first-order chi connectivity index (χ1) is 9.15. The van der Waals surface area contributed by atoms with E-state index in [-0.39, 0.29) is 22.8 Å². The van der Waals surface area contributed by atoms with Gasteiger partial charge in [0.25, 0.3) is 11.6 Å². The second-order valence-corrected chi connectivity index (χ2v) is 5.26. The van der Waals surface area contributed by atoms with Gasteiger partial charge in [-0.2, -0.15) is 0 Å². The van der Waals surface area contributed by atoms with Crippen molar-refractivity contribution in [2.75, 3.05) is 6.54 Å². The summed E-state index contributed by atoms with van der Waals surface area (Å²) in [6, 6.07) is 3.64. The van der Waals surface area contributed by atoms with E-state index in [9.17, 15) is 19.7 Å². The second kappa shape index (κ2) is 5.87. The van der Waals surface area contributed by atoms with E-state index in [4.69, 9.17) is 17.3 Å². The van der Waals surface area contributed by atoms with Gasteiger partial charge >= 0.3 is 0 Å². The van der Waals surface area contributed by atoms with Crippen LogP contribution in [0.15, 0.2) is 18.2 Å². The third-order valence-electron chi connectivity index (χ3n) is 2.76. The van der Waals surface area contributed by atoms with E-state index in [0.717, 1.165) is 6.07 Å². The van der Waals surface area contributed by atoms with E-state index in [1.807, 2.05) is 0 Å². The highest BCUT2D eigenvalue weighted by Gasteiger charge is 2.26. The molecule has 0 bridgehead atoms. The first-order valence-corrected chi connectivity index (χ1v) is 6.05. The molecule has 1 aromatic carbocycles. The molecular formula is C12H14ClN3O4. The Labute approximate surface area is 120 Å². The number of nitro groups is 1. The third kappa shape index (κ3) is 3.67. The van der Waals surface area contributed by atoms with Gasteiger partial charge in [-0.25, -0.2) is 0 Å². The van der Waals surface area contributed by atoms with Crippen molar-refractivity contribution in [3.63, 3.8) is 0 Å². The van der Waals surface area contributed by atoms with Crippen molar-refractivity contribution in [2.45, 2.75) is 13.8 Å². The van der Waals surface area contributed by atoms with Crippen LogP contribution in [0.1, 0.15) is 24.2 Å². The molecule has 1 rings (SSSR count). The number of nitrogens with zero attached hydrogens (tertiary/aromatic N) is 1. The number of nitrogens with one attached hydrogen (secondary N) is 1. The van der Waals surface area contributed by atoms with Crippen LogP contribution < -0.4 is 11.1 Å². The van der Waals surface area contributed by atoms with Crippen LogP contribution in [-0.2, 0) is 4.79 Å². The summed E-state index contributed by atoms with van der Waals surface area (Å²) in [7, 11) is 0. The van der Waals surface area contributed by atoms with Gasteiger partial charge in [0.15, 0.2) is 0 Å². The number of hydrogen-bond donors (Lipinski definition) is 2. The van der Waals surface area contributed by atoms with Gasteiger partial charge in [-0.05, 0) is 26.0 Å². The molecule has 3 N–H and O–H groups in total. The largest absolute Gasteiger partial charge is 0.369 e. The Hall–Kier alpha value is -2.15. The Balaban J connectivity index is 2.82. The molecular weight excluding hydrogens is 286 g/mol. The van der Waals surface area contributed by atoms with Crippen molar-refractivity contribution in [3.8, 4) is 0 Å². The molecule has 0 aliphatic carbocycles. The summed E-state index contributed by atoms with van der Waals surface area (Å²) in [5.41, 5.74) is 4.19. The zero-order valence-electron chi connectivity index (χ0n) is 11.0.